The van der Waals surface area contributed by atoms with Crippen molar-refractivity contribution < 1.29 is 28.1 Å². The predicted octanol–water partition coefficient (Wildman–Crippen LogP) is 1.46. The first-order chi connectivity index (χ1) is 10.5. The monoisotopic (exact) mass is 319 g/mol. The Hall–Kier alpha value is -1.31. The minimum Gasteiger partial charge on any atom is -0.480 e. The quantitative estimate of drug-likeness (QED) is 0.833. The fourth-order valence-corrected chi connectivity index (χ4v) is 2.81. The standard InChI is InChI=1S/C15H20F3NO3/c16-15(17,18)14-12(10-19(5-7-20)6-8-21)9-11-3-1-2-4-13(11)22-14/h1-4,12,14,20-21H,5-10H2/t12-,14+/m1/s1. The molecule has 2 atom stereocenters. The highest BCUT2D eigenvalue weighted by Crippen LogP contribution is 2.38. The van der Waals surface area contributed by atoms with E-state index in [1.165, 1.54) is 0 Å². The minimum absolute atomic E-state index is 0.111. The summed E-state index contributed by atoms with van der Waals surface area (Å²) in [5.74, 6) is -0.495. The molecule has 7 heteroatoms. The summed E-state index contributed by atoms with van der Waals surface area (Å²) in [5.41, 5.74) is 0.751. The smallest absolute Gasteiger partial charge is 0.425 e. The lowest BCUT2D eigenvalue weighted by atomic mass is 9.89. The van der Waals surface area contributed by atoms with Crippen LogP contribution in [0.4, 0.5) is 13.2 Å². The lowest BCUT2D eigenvalue weighted by Gasteiger charge is -2.37. The molecule has 0 radical (unpaired) electrons. The maximum atomic E-state index is 13.3. The summed E-state index contributed by atoms with van der Waals surface area (Å²) >= 11 is 0. The highest BCUT2D eigenvalue weighted by molar-refractivity contribution is 5.36. The van der Waals surface area contributed by atoms with Crippen LogP contribution in [0.2, 0.25) is 0 Å². The molecule has 0 saturated heterocycles. The van der Waals surface area contributed by atoms with Crippen LogP contribution in [0.3, 0.4) is 0 Å². The summed E-state index contributed by atoms with van der Waals surface area (Å²) in [7, 11) is 0. The summed E-state index contributed by atoms with van der Waals surface area (Å²) in [4.78, 5) is 1.63. The van der Waals surface area contributed by atoms with Crippen molar-refractivity contribution in [3.63, 3.8) is 0 Å². The van der Waals surface area contributed by atoms with Crippen molar-refractivity contribution >= 4 is 0 Å². The molecule has 1 heterocycles. The van der Waals surface area contributed by atoms with Gasteiger partial charge in [-0.25, -0.2) is 0 Å². The molecule has 0 aromatic heterocycles. The summed E-state index contributed by atoms with van der Waals surface area (Å²) in [6.07, 6.45) is -6.07. The van der Waals surface area contributed by atoms with Gasteiger partial charge in [-0.1, -0.05) is 18.2 Å². The highest BCUT2D eigenvalue weighted by Gasteiger charge is 2.49. The van der Waals surface area contributed by atoms with Crippen LogP contribution in [0.15, 0.2) is 24.3 Å². The molecule has 22 heavy (non-hydrogen) atoms. The van der Waals surface area contributed by atoms with Gasteiger partial charge in [-0.05, 0) is 18.1 Å². The van der Waals surface area contributed by atoms with Gasteiger partial charge in [-0.15, -0.1) is 0 Å². The van der Waals surface area contributed by atoms with E-state index in [0.717, 1.165) is 5.56 Å². The molecule has 2 rings (SSSR count). The number of rotatable bonds is 6. The van der Waals surface area contributed by atoms with Crippen molar-refractivity contribution in [2.24, 2.45) is 5.92 Å². The molecule has 0 aliphatic carbocycles. The predicted molar refractivity (Wildman–Crippen MR) is 74.7 cm³/mol. The molecule has 1 aromatic rings. The minimum atomic E-state index is -4.46. The van der Waals surface area contributed by atoms with Gasteiger partial charge in [0.2, 0.25) is 0 Å². The third kappa shape index (κ3) is 4.12. The van der Waals surface area contributed by atoms with Gasteiger partial charge >= 0.3 is 6.18 Å². The molecule has 1 aliphatic rings. The van der Waals surface area contributed by atoms with E-state index >= 15 is 0 Å². The van der Waals surface area contributed by atoms with E-state index in [2.05, 4.69) is 0 Å². The Kier molecular flexibility index (Phi) is 5.66. The van der Waals surface area contributed by atoms with E-state index in [1.54, 1.807) is 29.2 Å². The van der Waals surface area contributed by atoms with Gasteiger partial charge in [-0.3, -0.25) is 4.90 Å². The maximum Gasteiger partial charge on any atom is 0.425 e. The lowest BCUT2D eigenvalue weighted by Crippen LogP contribution is -2.49. The number of hydrogen-bond donors (Lipinski definition) is 2. The van der Waals surface area contributed by atoms with Crippen LogP contribution in [-0.4, -0.2) is 60.2 Å². The van der Waals surface area contributed by atoms with Crippen LogP contribution in [0.1, 0.15) is 5.56 Å². The number of aliphatic hydroxyl groups excluding tert-OH is 2. The van der Waals surface area contributed by atoms with Crippen molar-refractivity contribution in [3.8, 4) is 5.75 Å². The van der Waals surface area contributed by atoms with Crippen LogP contribution >= 0.6 is 0 Å². The second-order valence-corrected chi connectivity index (χ2v) is 5.40. The zero-order valence-electron chi connectivity index (χ0n) is 12.1. The summed E-state index contributed by atoms with van der Waals surface area (Å²) in [6.45, 7) is 0.230. The lowest BCUT2D eigenvalue weighted by molar-refractivity contribution is -0.215. The Labute approximate surface area is 127 Å². The number of para-hydroxylation sites is 1. The van der Waals surface area contributed by atoms with Crippen LogP contribution < -0.4 is 4.74 Å². The first kappa shape index (κ1) is 17.1. The Bertz CT molecular complexity index is 475. The van der Waals surface area contributed by atoms with Gasteiger partial charge in [0.05, 0.1) is 13.2 Å². The summed E-state index contributed by atoms with van der Waals surface area (Å²) < 4.78 is 45.0. The van der Waals surface area contributed by atoms with Crippen molar-refractivity contribution in [1.82, 2.24) is 4.90 Å². The number of fused-ring (bicyclic) bond motifs is 1. The Morgan fingerprint density at radius 1 is 1.14 bits per heavy atom. The third-order valence-electron chi connectivity index (χ3n) is 3.78. The highest BCUT2D eigenvalue weighted by atomic mass is 19.4. The van der Waals surface area contributed by atoms with E-state index in [4.69, 9.17) is 14.9 Å². The second-order valence-electron chi connectivity index (χ2n) is 5.40. The fraction of sp³-hybridized carbons (Fsp3) is 0.600. The Morgan fingerprint density at radius 3 is 2.36 bits per heavy atom. The van der Waals surface area contributed by atoms with E-state index in [-0.39, 0.29) is 45.0 Å². The molecule has 2 N–H and O–H groups in total. The molecule has 0 spiro atoms. The molecular weight excluding hydrogens is 299 g/mol. The van der Waals surface area contributed by atoms with Crippen molar-refractivity contribution in [2.45, 2.75) is 18.7 Å². The number of halogens is 3. The van der Waals surface area contributed by atoms with E-state index in [0.29, 0.717) is 0 Å². The summed E-state index contributed by atoms with van der Waals surface area (Å²) in [5, 5.41) is 18.0. The molecule has 1 aromatic carbocycles. The number of ether oxygens (including phenoxy) is 1. The topological polar surface area (TPSA) is 52.9 Å². The maximum absolute atomic E-state index is 13.3. The largest absolute Gasteiger partial charge is 0.480 e. The van der Waals surface area contributed by atoms with Crippen LogP contribution in [0.5, 0.6) is 5.75 Å². The van der Waals surface area contributed by atoms with Crippen molar-refractivity contribution in [3.05, 3.63) is 29.8 Å². The molecule has 0 saturated carbocycles. The van der Waals surface area contributed by atoms with Gasteiger partial charge in [-0.2, -0.15) is 13.2 Å². The zero-order chi connectivity index (χ0) is 16.2. The average Bonchev–Trinajstić information content (AvgIpc) is 2.46. The molecule has 0 unspecified atom stereocenters. The Balaban J connectivity index is 2.19. The number of hydrogen-bond acceptors (Lipinski definition) is 4. The van der Waals surface area contributed by atoms with Gasteiger partial charge in [0, 0.05) is 25.6 Å². The molecule has 0 amide bonds. The van der Waals surface area contributed by atoms with Gasteiger partial charge in [0.1, 0.15) is 5.75 Å². The van der Waals surface area contributed by atoms with E-state index in [1.807, 2.05) is 0 Å². The first-order valence-corrected chi connectivity index (χ1v) is 7.21. The first-order valence-electron chi connectivity index (χ1n) is 7.21. The second kappa shape index (κ2) is 7.30. The number of alkyl halides is 3. The van der Waals surface area contributed by atoms with Gasteiger partial charge in [0.25, 0.3) is 0 Å². The summed E-state index contributed by atoms with van der Waals surface area (Å²) in [6, 6.07) is 6.73. The van der Waals surface area contributed by atoms with Crippen LogP contribution in [0, 0.1) is 5.92 Å². The number of aliphatic hydroxyl groups is 2. The zero-order valence-corrected chi connectivity index (χ0v) is 12.1. The fourth-order valence-electron chi connectivity index (χ4n) is 2.81. The SMILES string of the molecule is OCCN(CCO)C[C@H]1Cc2ccccc2O[C@@H]1C(F)(F)F. The van der Waals surface area contributed by atoms with E-state index in [9.17, 15) is 13.2 Å². The average molecular weight is 319 g/mol. The third-order valence-corrected chi connectivity index (χ3v) is 3.78. The van der Waals surface area contributed by atoms with Crippen molar-refractivity contribution in [1.29, 1.82) is 0 Å². The molecule has 124 valence electrons. The van der Waals surface area contributed by atoms with Crippen molar-refractivity contribution in [2.75, 3.05) is 32.8 Å². The van der Waals surface area contributed by atoms with E-state index < -0.39 is 18.2 Å². The molecular formula is C15H20F3NO3. The van der Waals surface area contributed by atoms with Crippen LogP contribution in [-0.2, 0) is 6.42 Å². The number of nitrogens with zero attached hydrogens (tertiary/aromatic N) is 1. The molecule has 1 aliphatic heterocycles. The van der Waals surface area contributed by atoms with Gasteiger partial charge in [0.15, 0.2) is 6.10 Å². The number of benzene rings is 1. The Morgan fingerprint density at radius 2 is 1.77 bits per heavy atom. The van der Waals surface area contributed by atoms with Crippen LogP contribution in [0.25, 0.3) is 0 Å². The molecule has 0 fully saturated rings. The van der Waals surface area contributed by atoms with Gasteiger partial charge < -0.3 is 14.9 Å². The normalized spacial score (nSPS) is 21.5. The molecule has 0 bridgehead atoms. The molecule has 4 nitrogen and oxygen atoms in total.